The molecular formula is C7H13F2N3. The van der Waals surface area contributed by atoms with Crippen LogP contribution in [-0.2, 0) is 0 Å². The fourth-order valence-corrected chi connectivity index (χ4v) is 1.20. The van der Waals surface area contributed by atoms with Crippen LogP contribution in [0.3, 0.4) is 0 Å². The smallest absolute Gasteiger partial charge is 0.251 e. The molecule has 0 atom stereocenters. The average molecular weight is 177 g/mol. The van der Waals surface area contributed by atoms with E-state index >= 15 is 0 Å². The van der Waals surface area contributed by atoms with Gasteiger partial charge in [-0.25, -0.2) is 14.6 Å². The number of hydrogen-bond acceptors (Lipinski definition) is 2. The number of halogens is 2. The average Bonchev–Trinajstić information content (AvgIpc) is 2.80. The number of aliphatic imine (C=N–C) groups is 1. The minimum absolute atomic E-state index is 0.250. The van der Waals surface area contributed by atoms with Crippen LogP contribution >= 0.6 is 0 Å². The number of nitrogens with two attached hydrogens (primary N) is 1. The molecular weight excluding hydrogens is 164 g/mol. The van der Waals surface area contributed by atoms with Crippen LogP contribution in [0.25, 0.3) is 0 Å². The number of hydrazine groups is 1. The maximum atomic E-state index is 12.5. The maximum Gasteiger partial charge on any atom is 0.251 e. The fraction of sp³-hybridized carbons (Fsp3) is 0.857. The summed E-state index contributed by atoms with van der Waals surface area (Å²) < 4.78 is 24.9. The van der Waals surface area contributed by atoms with E-state index in [2.05, 4.69) is 10.4 Å². The molecule has 1 aliphatic rings. The summed E-state index contributed by atoms with van der Waals surface area (Å²) in [6, 6.07) is 0. The molecule has 12 heavy (non-hydrogen) atoms. The Labute approximate surface area is 70.0 Å². The van der Waals surface area contributed by atoms with Gasteiger partial charge >= 0.3 is 0 Å². The molecule has 3 N–H and O–H groups in total. The van der Waals surface area contributed by atoms with E-state index in [9.17, 15) is 8.78 Å². The van der Waals surface area contributed by atoms with Crippen LogP contribution in [0.1, 0.15) is 19.8 Å². The lowest BCUT2D eigenvalue weighted by Gasteiger charge is -2.15. The number of amidine groups is 1. The van der Waals surface area contributed by atoms with Crippen molar-refractivity contribution in [3.05, 3.63) is 0 Å². The molecule has 0 heterocycles. The summed E-state index contributed by atoms with van der Waals surface area (Å²) in [6.45, 7) is 2.27. The monoisotopic (exact) mass is 177 g/mol. The lowest BCUT2D eigenvalue weighted by Crippen LogP contribution is -2.40. The van der Waals surface area contributed by atoms with E-state index in [-0.39, 0.29) is 5.84 Å². The first-order valence-electron chi connectivity index (χ1n) is 3.97. The SMILES string of the molecule is CCN=C(NN)C1(C(F)F)CC1. The van der Waals surface area contributed by atoms with E-state index < -0.39 is 11.8 Å². The van der Waals surface area contributed by atoms with Crippen molar-refractivity contribution in [3.8, 4) is 0 Å². The summed E-state index contributed by atoms with van der Waals surface area (Å²) in [5, 5.41) is 0. The predicted molar refractivity (Wildman–Crippen MR) is 43.0 cm³/mol. The fourth-order valence-electron chi connectivity index (χ4n) is 1.20. The first kappa shape index (κ1) is 9.38. The molecule has 1 aliphatic carbocycles. The van der Waals surface area contributed by atoms with Crippen molar-refractivity contribution >= 4 is 5.84 Å². The summed E-state index contributed by atoms with van der Waals surface area (Å²) in [5.41, 5.74) is 1.21. The van der Waals surface area contributed by atoms with Crippen molar-refractivity contribution in [2.75, 3.05) is 6.54 Å². The van der Waals surface area contributed by atoms with Crippen molar-refractivity contribution < 1.29 is 8.78 Å². The van der Waals surface area contributed by atoms with E-state index in [0.29, 0.717) is 19.4 Å². The Balaban J connectivity index is 2.72. The Morgan fingerprint density at radius 2 is 2.25 bits per heavy atom. The van der Waals surface area contributed by atoms with Crippen LogP contribution in [-0.4, -0.2) is 18.8 Å². The number of alkyl halides is 2. The quantitative estimate of drug-likeness (QED) is 0.291. The zero-order valence-corrected chi connectivity index (χ0v) is 6.98. The van der Waals surface area contributed by atoms with Gasteiger partial charge in [-0.15, -0.1) is 0 Å². The molecule has 70 valence electrons. The molecule has 0 aromatic carbocycles. The molecule has 0 spiro atoms. The van der Waals surface area contributed by atoms with Crippen LogP contribution in [0.5, 0.6) is 0 Å². The van der Waals surface area contributed by atoms with Crippen molar-refractivity contribution in [2.45, 2.75) is 26.2 Å². The molecule has 1 rings (SSSR count). The van der Waals surface area contributed by atoms with Crippen molar-refractivity contribution in [1.82, 2.24) is 5.43 Å². The van der Waals surface area contributed by atoms with Crippen LogP contribution in [0.15, 0.2) is 4.99 Å². The Morgan fingerprint density at radius 3 is 2.50 bits per heavy atom. The van der Waals surface area contributed by atoms with Gasteiger partial charge in [0.05, 0.1) is 5.41 Å². The molecule has 0 saturated heterocycles. The molecule has 0 aromatic heterocycles. The van der Waals surface area contributed by atoms with Gasteiger partial charge in [0, 0.05) is 6.54 Å². The standard InChI is InChI=1S/C7H13F2N3/c1-2-11-6(12-10)7(3-4-7)5(8)9/h5H,2-4,10H2,1H3,(H,11,12). The predicted octanol–water partition coefficient (Wildman–Crippen LogP) is 0.913. The first-order valence-corrected chi connectivity index (χ1v) is 3.97. The normalized spacial score (nSPS) is 21.2. The summed E-state index contributed by atoms with van der Waals surface area (Å²) in [4.78, 5) is 3.90. The summed E-state index contributed by atoms with van der Waals surface area (Å²) in [5.74, 6) is 5.36. The van der Waals surface area contributed by atoms with Gasteiger partial charge in [-0.3, -0.25) is 4.99 Å². The molecule has 1 saturated carbocycles. The minimum atomic E-state index is -2.36. The topological polar surface area (TPSA) is 50.4 Å². The first-order chi connectivity index (χ1) is 5.67. The molecule has 0 unspecified atom stereocenters. The van der Waals surface area contributed by atoms with Crippen LogP contribution in [0.2, 0.25) is 0 Å². The summed E-state index contributed by atoms with van der Waals surface area (Å²) >= 11 is 0. The van der Waals surface area contributed by atoms with Gasteiger partial charge in [-0.1, -0.05) is 0 Å². The molecule has 3 nitrogen and oxygen atoms in total. The third-order valence-electron chi connectivity index (χ3n) is 2.13. The van der Waals surface area contributed by atoms with Gasteiger partial charge < -0.3 is 5.43 Å². The Hall–Kier alpha value is -0.710. The Morgan fingerprint density at radius 1 is 1.67 bits per heavy atom. The van der Waals surface area contributed by atoms with Gasteiger partial charge in [0.1, 0.15) is 5.84 Å². The highest BCUT2D eigenvalue weighted by atomic mass is 19.3. The van der Waals surface area contributed by atoms with Gasteiger partial charge in [0.15, 0.2) is 0 Å². The van der Waals surface area contributed by atoms with Gasteiger partial charge in [-0.2, -0.15) is 0 Å². The van der Waals surface area contributed by atoms with Crippen LogP contribution < -0.4 is 11.3 Å². The third kappa shape index (κ3) is 1.41. The number of nitrogens with zero attached hydrogens (tertiary/aromatic N) is 1. The number of rotatable bonds is 3. The Kier molecular flexibility index (Phi) is 2.62. The van der Waals surface area contributed by atoms with Gasteiger partial charge in [-0.05, 0) is 19.8 Å². The second kappa shape index (κ2) is 3.35. The van der Waals surface area contributed by atoms with E-state index in [1.54, 1.807) is 6.92 Å². The summed E-state index contributed by atoms with van der Waals surface area (Å²) in [7, 11) is 0. The number of hydrogen-bond donors (Lipinski definition) is 2. The zero-order chi connectivity index (χ0) is 9.19. The third-order valence-corrected chi connectivity index (χ3v) is 2.13. The minimum Gasteiger partial charge on any atom is -0.312 e. The molecule has 0 amide bonds. The molecule has 0 aromatic rings. The van der Waals surface area contributed by atoms with E-state index in [4.69, 9.17) is 5.84 Å². The lowest BCUT2D eigenvalue weighted by molar-refractivity contribution is 0.0951. The largest absolute Gasteiger partial charge is 0.312 e. The van der Waals surface area contributed by atoms with E-state index in [1.165, 1.54) is 0 Å². The maximum absolute atomic E-state index is 12.5. The van der Waals surface area contributed by atoms with Crippen LogP contribution in [0.4, 0.5) is 8.78 Å². The highest BCUT2D eigenvalue weighted by molar-refractivity contribution is 5.90. The van der Waals surface area contributed by atoms with Crippen molar-refractivity contribution in [3.63, 3.8) is 0 Å². The highest BCUT2D eigenvalue weighted by Crippen LogP contribution is 2.51. The second-order valence-corrected chi connectivity index (χ2v) is 2.92. The van der Waals surface area contributed by atoms with E-state index in [1.807, 2.05) is 0 Å². The molecule has 1 fully saturated rings. The van der Waals surface area contributed by atoms with Gasteiger partial charge in [0.25, 0.3) is 6.43 Å². The molecule has 0 aliphatic heterocycles. The van der Waals surface area contributed by atoms with Crippen LogP contribution in [0, 0.1) is 5.41 Å². The highest BCUT2D eigenvalue weighted by Gasteiger charge is 2.55. The lowest BCUT2D eigenvalue weighted by atomic mass is 10.1. The molecule has 0 bridgehead atoms. The zero-order valence-electron chi connectivity index (χ0n) is 6.98. The Bertz CT molecular complexity index is 187. The summed E-state index contributed by atoms with van der Waals surface area (Å²) in [6.07, 6.45) is -1.40. The second-order valence-electron chi connectivity index (χ2n) is 2.92. The molecule has 0 radical (unpaired) electrons. The number of nitrogens with one attached hydrogen (secondary N) is 1. The van der Waals surface area contributed by atoms with E-state index in [0.717, 1.165) is 0 Å². The van der Waals surface area contributed by atoms with Gasteiger partial charge in [0.2, 0.25) is 0 Å². The molecule has 5 heteroatoms. The van der Waals surface area contributed by atoms with Crippen molar-refractivity contribution in [2.24, 2.45) is 16.3 Å². The van der Waals surface area contributed by atoms with Crippen molar-refractivity contribution in [1.29, 1.82) is 0 Å².